The van der Waals surface area contributed by atoms with Crippen LogP contribution in [-0.4, -0.2) is 31.9 Å². The van der Waals surface area contributed by atoms with E-state index in [4.69, 9.17) is 0 Å². The van der Waals surface area contributed by atoms with Gasteiger partial charge in [0, 0.05) is 24.0 Å². The van der Waals surface area contributed by atoms with Crippen LogP contribution in [0.25, 0.3) is 0 Å². The Labute approximate surface area is 125 Å². The number of nitrogens with zero attached hydrogens (tertiary/aromatic N) is 1. The summed E-state index contributed by atoms with van der Waals surface area (Å²) in [5.41, 5.74) is 0. The molecule has 0 amide bonds. The molecule has 6 heteroatoms. The Hall–Kier alpha value is -0.430. The van der Waals surface area contributed by atoms with Crippen LogP contribution in [0.1, 0.15) is 37.5 Å². The lowest BCUT2D eigenvalue weighted by molar-refractivity contribution is 0.388. The van der Waals surface area contributed by atoms with Gasteiger partial charge >= 0.3 is 0 Å². The minimum Gasteiger partial charge on any atom is -0.312 e. The Balaban J connectivity index is 1.83. The van der Waals surface area contributed by atoms with Gasteiger partial charge in [0.05, 0.1) is 4.90 Å². The highest BCUT2D eigenvalue weighted by atomic mass is 32.2. The molecule has 2 aliphatic carbocycles. The average Bonchev–Trinajstić information content (AvgIpc) is 3.32. The Morgan fingerprint density at radius 1 is 1.35 bits per heavy atom. The summed E-state index contributed by atoms with van der Waals surface area (Å²) < 4.78 is 27.6. The molecule has 2 saturated carbocycles. The average molecular weight is 314 g/mol. The monoisotopic (exact) mass is 314 g/mol. The first-order valence-corrected chi connectivity index (χ1v) is 9.74. The van der Waals surface area contributed by atoms with Gasteiger partial charge in [0.25, 0.3) is 0 Å². The number of thiophene rings is 1. The zero-order valence-corrected chi connectivity index (χ0v) is 13.5. The lowest BCUT2D eigenvalue weighted by Crippen LogP contribution is -2.35. The molecule has 0 atom stereocenters. The van der Waals surface area contributed by atoms with Gasteiger partial charge in [-0.1, -0.05) is 6.92 Å². The molecule has 1 aromatic rings. The summed E-state index contributed by atoms with van der Waals surface area (Å²) in [6.45, 7) is 4.26. The molecule has 0 aromatic carbocycles. The molecule has 0 aliphatic heterocycles. The van der Waals surface area contributed by atoms with E-state index in [0.717, 1.165) is 30.8 Å². The third kappa shape index (κ3) is 3.08. The maximum atomic E-state index is 12.9. The molecule has 1 aromatic heterocycles. The Morgan fingerprint density at radius 2 is 2.10 bits per heavy atom. The smallest absolute Gasteiger partial charge is 0.244 e. The highest BCUT2D eigenvalue weighted by molar-refractivity contribution is 7.89. The number of nitrogens with one attached hydrogen (secondary N) is 1. The van der Waals surface area contributed by atoms with Gasteiger partial charge in [-0.05, 0) is 49.6 Å². The predicted octanol–water partition coefficient (Wildman–Crippen LogP) is 2.42. The number of hydrogen-bond donors (Lipinski definition) is 1. The first-order chi connectivity index (χ1) is 9.63. The van der Waals surface area contributed by atoms with Gasteiger partial charge in [0.2, 0.25) is 10.0 Å². The fourth-order valence-corrected chi connectivity index (χ4v) is 5.56. The van der Waals surface area contributed by atoms with Crippen LogP contribution in [0.4, 0.5) is 0 Å². The van der Waals surface area contributed by atoms with Crippen molar-refractivity contribution in [1.82, 2.24) is 9.62 Å². The molecule has 0 radical (unpaired) electrons. The first kappa shape index (κ1) is 14.5. The van der Waals surface area contributed by atoms with Crippen molar-refractivity contribution in [2.45, 2.75) is 50.1 Å². The third-order valence-corrected chi connectivity index (χ3v) is 6.97. The van der Waals surface area contributed by atoms with Gasteiger partial charge in [-0.25, -0.2) is 8.42 Å². The molecule has 2 aliphatic rings. The van der Waals surface area contributed by atoms with Crippen molar-refractivity contribution in [3.8, 4) is 0 Å². The lowest BCUT2D eigenvalue weighted by Gasteiger charge is -2.22. The molecule has 4 nitrogen and oxygen atoms in total. The normalized spacial score (nSPS) is 19.7. The molecule has 0 unspecified atom stereocenters. The van der Waals surface area contributed by atoms with Crippen LogP contribution >= 0.6 is 11.3 Å². The Bertz CT molecular complexity index is 559. The van der Waals surface area contributed by atoms with E-state index in [1.54, 1.807) is 10.4 Å². The molecular formula is C14H22N2O2S2. The largest absolute Gasteiger partial charge is 0.312 e. The quantitative estimate of drug-likeness (QED) is 0.802. The minimum absolute atomic E-state index is 0.257. The van der Waals surface area contributed by atoms with Crippen molar-refractivity contribution in [2.24, 2.45) is 5.92 Å². The second-order valence-electron chi connectivity index (χ2n) is 5.74. The van der Waals surface area contributed by atoms with Crippen LogP contribution in [0.3, 0.4) is 0 Å². The maximum Gasteiger partial charge on any atom is 0.244 e. The van der Waals surface area contributed by atoms with E-state index in [1.807, 2.05) is 12.3 Å². The molecule has 0 spiro atoms. The zero-order chi connectivity index (χ0) is 14.2. The Kier molecular flexibility index (Phi) is 4.17. The second kappa shape index (κ2) is 5.75. The molecule has 112 valence electrons. The van der Waals surface area contributed by atoms with E-state index in [0.29, 0.717) is 17.4 Å². The standard InChI is InChI=1S/C14H22N2O2S2/c1-2-15-9-13-14(7-8-19-13)20(17,18)16(12-5-6-12)10-11-3-4-11/h7-8,11-12,15H,2-6,9-10H2,1H3. The lowest BCUT2D eigenvalue weighted by atomic mass is 10.4. The van der Waals surface area contributed by atoms with Crippen LogP contribution in [0.5, 0.6) is 0 Å². The van der Waals surface area contributed by atoms with Gasteiger partial charge in [0.15, 0.2) is 0 Å². The maximum absolute atomic E-state index is 12.9. The van der Waals surface area contributed by atoms with Crippen molar-refractivity contribution in [2.75, 3.05) is 13.1 Å². The van der Waals surface area contributed by atoms with E-state index in [9.17, 15) is 8.42 Å². The van der Waals surface area contributed by atoms with E-state index in [-0.39, 0.29) is 6.04 Å². The summed E-state index contributed by atoms with van der Waals surface area (Å²) in [5.74, 6) is 0.598. The van der Waals surface area contributed by atoms with Gasteiger partial charge in [-0.3, -0.25) is 0 Å². The highest BCUT2D eigenvalue weighted by Gasteiger charge is 2.41. The third-order valence-electron chi connectivity index (χ3n) is 3.92. The van der Waals surface area contributed by atoms with Crippen molar-refractivity contribution in [3.05, 3.63) is 16.3 Å². The van der Waals surface area contributed by atoms with Crippen LogP contribution in [0.15, 0.2) is 16.3 Å². The number of rotatable bonds is 8. The fraction of sp³-hybridized carbons (Fsp3) is 0.714. The number of sulfonamides is 1. The number of hydrogen-bond acceptors (Lipinski definition) is 4. The molecule has 3 rings (SSSR count). The van der Waals surface area contributed by atoms with Gasteiger partial charge in [-0.15, -0.1) is 11.3 Å². The van der Waals surface area contributed by atoms with Gasteiger partial charge < -0.3 is 5.32 Å². The predicted molar refractivity (Wildman–Crippen MR) is 81.3 cm³/mol. The summed E-state index contributed by atoms with van der Waals surface area (Å²) in [6.07, 6.45) is 4.43. The van der Waals surface area contributed by atoms with Crippen molar-refractivity contribution >= 4 is 21.4 Å². The van der Waals surface area contributed by atoms with Crippen LogP contribution < -0.4 is 5.32 Å². The molecule has 1 heterocycles. The molecule has 20 heavy (non-hydrogen) atoms. The molecular weight excluding hydrogens is 292 g/mol. The summed E-state index contributed by atoms with van der Waals surface area (Å²) in [7, 11) is -3.31. The van der Waals surface area contributed by atoms with Crippen molar-refractivity contribution in [3.63, 3.8) is 0 Å². The van der Waals surface area contributed by atoms with Gasteiger partial charge in [0.1, 0.15) is 0 Å². The summed E-state index contributed by atoms with van der Waals surface area (Å²) in [5, 5.41) is 5.12. The van der Waals surface area contributed by atoms with E-state index >= 15 is 0 Å². The summed E-state index contributed by atoms with van der Waals surface area (Å²) >= 11 is 1.53. The van der Waals surface area contributed by atoms with Gasteiger partial charge in [-0.2, -0.15) is 4.31 Å². The first-order valence-electron chi connectivity index (χ1n) is 7.42. The van der Waals surface area contributed by atoms with Crippen LogP contribution in [0, 0.1) is 5.92 Å². The molecule has 1 N–H and O–H groups in total. The second-order valence-corrected chi connectivity index (χ2v) is 8.60. The zero-order valence-electron chi connectivity index (χ0n) is 11.8. The van der Waals surface area contributed by atoms with E-state index in [2.05, 4.69) is 5.32 Å². The Morgan fingerprint density at radius 3 is 2.70 bits per heavy atom. The van der Waals surface area contributed by atoms with E-state index < -0.39 is 10.0 Å². The van der Waals surface area contributed by atoms with Crippen molar-refractivity contribution in [1.29, 1.82) is 0 Å². The topological polar surface area (TPSA) is 49.4 Å². The van der Waals surface area contributed by atoms with Crippen LogP contribution in [0.2, 0.25) is 0 Å². The van der Waals surface area contributed by atoms with Crippen molar-refractivity contribution < 1.29 is 8.42 Å². The molecule has 2 fully saturated rings. The van der Waals surface area contributed by atoms with E-state index in [1.165, 1.54) is 24.2 Å². The SMILES string of the molecule is CCNCc1sccc1S(=O)(=O)N(CC1CC1)C1CC1. The highest BCUT2D eigenvalue weighted by Crippen LogP contribution is 2.39. The fourth-order valence-electron chi connectivity index (χ4n) is 2.41. The summed E-state index contributed by atoms with van der Waals surface area (Å²) in [6, 6.07) is 2.03. The minimum atomic E-state index is -3.31. The summed E-state index contributed by atoms with van der Waals surface area (Å²) in [4.78, 5) is 1.46. The molecule has 0 bridgehead atoms. The van der Waals surface area contributed by atoms with Crippen LogP contribution in [-0.2, 0) is 16.6 Å². The molecule has 0 saturated heterocycles.